The highest BCUT2D eigenvalue weighted by atomic mass is 127. The van der Waals surface area contributed by atoms with E-state index in [1.54, 1.807) is 0 Å². The summed E-state index contributed by atoms with van der Waals surface area (Å²) in [5, 5.41) is 0. The van der Waals surface area contributed by atoms with Gasteiger partial charge < -0.3 is 4.74 Å². The number of halogens is 1. The summed E-state index contributed by atoms with van der Waals surface area (Å²) in [6, 6.07) is 0. The van der Waals surface area contributed by atoms with E-state index < -0.39 is 10.8 Å². The van der Waals surface area contributed by atoms with Crippen molar-refractivity contribution in [3.05, 3.63) is 21.3 Å². The Balaban J connectivity index is 1.65. The average molecular weight is 607 g/mol. The van der Waals surface area contributed by atoms with Crippen molar-refractivity contribution in [3.63, 3.8) is 0 Å². The number of rotatable bonds is 1. The molecular formula is C31H43IO4. The lowest BCUT2D eigenvalue weighted by Crippen LogP contribution is -2.65. The van der Waals surface area contributed by atoms with Gasteiger partial charge in [-0.05, 0) is 109 Å². The molecule has 5 aliphatic rings. The van der Waals surface area contributed by atoms with Crippen LogP contribution < -0.4 is 0 Å². The van der Waals surface area contributed by atoms with Gasteiger partial charge in [0.15, 0.2) is 11.6 Å². The van der Waals surface area contributed by atoms with Crippen LogP contribution in [0, 0.1) is 50.2 Å². The molecule has 0 bridgehead atoms. The zero-order valence-electron chi connectivity index (χ0n) is 23.3. The predicted octanol–water partition coefficient (Wildman–Crippen LogP) is 7.25. The van der Waals surface area contributed by atoms with E-state index in [4.69, 9.17) is 4.74 Å². The van der Waals surface area contributed by atoms with Gasteiger partial charge in [0.2, 0.25) is 0 Å². The Morgan fingerprint density at radius 3 is 2.25 bits per heavy atom. The zero-order valence-corrected chi connectivity index (χ0v) is 25.5. The van der Waals surface area contributed by atoms with Crippen LogP contribution in [-0.2, 0) is 19.1 Å². The van der Waals surface area contributed by atoms with Crippen molar-refractivity contribution in [2.24, 2.45) is 50.2 Å². The summed E-state index contributed by atoms with van der Waals surface area (Å²) in [5.74, 6) is 0.555. The Morgan fingerprint density at radius 1 is 0.972 bits per heavy atom. The Kier molecular flexibility index (Phi) is 5.76. The minimum absolute atomic E-state index is 0.108. The monoisotopic (exact) mass is 606 g/mol. The van der Waals surface area contributed by atoms with E-state index >= 15 is 0 Å². The lowest BCUT2D eigenvalue weighted by atomic mass is 9.34. The first kappa shape index (κ1) is 26.6. The Hall–Kier alpha value is -0.980. The number of allylic oxidation sites excluding steroid dienone is 4. The van der Waals surface area contributed by atoms with Crippen LogP contribution in [0.5, 0.6) is 0 Å². The van der Waals surface area contributed by atoms with Crippen LogP contribution in [0.25, 0.3) is 0 Å². The van der Waals surface area contributed by atoms with E-state index in [-0.39, 0.29) is 56.9 Å². The molecule has 8 atom stereocenters. The number of Topliss-reactive ketones (excluding diaryl/α,β-unsaturated/α-hetero) is 1. The number of esters is 1. The molecule has 0 amide bonds. The van der Waals surface area contributed by atoms with Gasteiger partial charge in [-0.3, -0.25) is 14.4 Å². The minimum atomic E-state index is -0.505. The fourth-order valence-electron chi connectivity index (χ4n) is 10.1. The van der Waals surface area contributed by atoms with Crippen molar-refractivity contribution in [2.75, 3.05) is 7.11 Å². The van der Waals surface area contributed by atoms with E-state index in [0.29, 0.717) is 0 Å². The molecule has 0 heterocycles. The van der Waals surface area contributed by atoms with Crippen LogP contribution in [0.15, 0.2) is 21.3 Å². The van der Waals surface area contributed by atoms with E-state index in [9.17, 15) is 14.4 Å². The van der Waals surface area contributed by atoms with E-state index in [1.165, 1.54) is 12.7 Å². The number of methoxy groups -OCH3 is 1. The van der Waals surface area contributed by atoms with E-state index in [1.807, 2.05) is 6.08 Å². The van der Waals surface area contributed by atoms with E-state index in [0.717, 1.165) is 48.5 Å². The fourth-order valence-corrected chi connectivity index (χ4v) is 11.4. The second-order valence-electron chi connectivity index (χ2n) is 14.6. The molecular weight excluding hydrogens is 563 g/mol. The summed E-state index contributed by atoms with van der Waals surface area (Å²) < 4.78 is 6.03. The van der Waals surface area contributed by atoms with E-state index in [2.05, 4.69) is 77.1 Å². The molecule has 0 aromatic heterocycles. The number of ketones is 2. The Bertz CT molecular complexity index is 1120. The van der Waals surface area contributed by atoms with Gasteiger partial charge in [-0.15, -0.1) is 0 Å². The lowest BCUT2D eigenvalue weighted by Gasteiger charge is -2.69. The maximum atomic E-state index is 14.3. The Morgan fingerprint density at radius 2 is 1.61 bits per heavy atom. The Labute approximate surface area is 230 Å². The molecule has 0 saturated heterocycles. The minimum Gasteiger partial charge on any atom is -0.469 e. The number of hydrogen-bond donors (Lipinski definition) is 0. The van der Waals surface area contributed by atoms with Crippen LogP contribution in [0.1, 0.15) is 93.4 Å². The summed E-state index contributed by atoms with van der Waals surface area (Å²) >= 11 is 2.20. The molecule has 3 fully saturated rings. The van der Waals surface area contributed by atoms with Gasteiger partial charge in [-0.2, -0.15) is 0 Å². The molecule has 36 heavy (non-hydrogen) atoms. The van der Waals surface area contributed by atoms with Gasteiger partial charge in [-0.25, -0.2) is 0 Å². The summed E-state index contributed by atoms with van der Waals surface area (Å²) in [6.45, 7) is 15.7. The summed E-state index contributed by atoms with van der Waals surface area (Å²) in [7, 11) is 1.49. The standard InChI is InChI=1S/C31H43IO4/c1-26(2)22-9-10-31(7)23(29(22,5)17-20(32)24(26)34)21(33)15-18-19-16-28(4,25(35)36-8)12-11-27(19,3)13-14-30(18,31)6/h15,17,19,22-23H,9-14,16H2,1-8H3/t19-,22-,23+,27+,28-,29-,30+,31+/m0/s1. The number of carbonyl (C=O) groups is 3. The second kappa shape index (κ2) is 7.79. The van der Waals surface area contributed by atoms with Gasteiger partial charge in [0.25, 0.3) is 0 Å². The van der Waals surface area contributed by atoms with Crippen molar-refractivity contribution in [2.45, 2.75) is 93.4 Å². The molecule has 4 nitrogen and oxygen atoms in total. The third kappa shape index (κ3) is 3.13. The van der Waals surface area contributed by atoms with Crippen LogP contribution in [-0.4, -0.2) is 24.6 Å². The van der Waals surface area contributed by atoms with Crippen LogP contribution in [0.4, 0.5) is 0 Å². The van der Waals surface area contributed by atoms with Crippen molar-refractivity contribution in [1.82, 2.24) is 0 Å². The number of carbonyl (C=O) groups excluding carboxylic acids is 3. The summed E-state index contributed by atoms with van der Waals surface area (Å²) in [5.41, 5.74) is -0.221. The van der Waals surface area contributed by atoms with Crippen molar-refractivity contribution >= 4 is 40.1 Å². The molecule has 0 N–H and O–H groups in total. The molecule has 5 aliphatic carbocycles. The smallest absolute Gasteiger partial charge is 0.311 e. The molecule has 5 heteroatoms. The highest BCUT2D eigenvalue weighted by Crippen LogP contribution is 2.74. The number of ether oxygens (including phenoxy) is 1. The largest absolute Gasteiger partial charge is 0.469 e. The fraction of sp³-hybridized carbons (Fsp3) is 0.774. The molecule has 3 saturated carbocycles. The molecule has 0 spiro atoms. The molecule has 198 valence electrons. The van der Waals surface area contributed by atoms with Gasteiger partial charge in [-0.1, -0.05) is 53.2 Å². The van der Waals surface area contributed by atoms with Gasteiger partial charge in [0.05, 0.1) is 16.1 Å². The summed E-state index contributed by atoms with van der Waals surface area (Å²) in [6.07, 6.45) is 10.9. The molecule has 0 aliphatic heterocycles. The zero-order chi connectivity index (χ0) is 26.7. The van der Waals surface area contributed by atoms with Crippen molar-refractivity contribution < 1.29 is 19.1 Å². The van der Waals surface area contributed by atoms with Gasteiger partial charge in [0.1, 0.15) is 0 Å². The first-order chi connectivity index (χ1) is 16.5. The number of hydrogen-bond acceptors (Lipinski definition) is 4. The SMILES string of the molecule is COC(=O)[C@@]1(C)CC[C@]2(C)CC[C@]3(C)C(=CC(=O)[C@@H]4[C@@]5(C)C=C(I)C(=O)C(C)(C)[C@@H]5CC[C@]43C)[C@@H]2C1. The third-order valence-corrected chi connectivity index (χ3v) is 13.3. The number of fused-ring (bicyclic) bond motifs is 7. The van der Waals surface area contributed by atoms with Crippen LogP contribution in [0.3, 0.4) is 0 Å². The normalized spacial score (nSPS) is 49.5. The van der Waals surface area contributed by atoms with Crippen molar-refractivity contribution in [3.8, 4) is 0 Å². The first-order valence-corrected chi connectivity index (χ1v) is 14.9. The van der Waals surface area contributed by atoms with Crippen LogP contribution >= 0.6 is 22.6 Å². The molecule has 0 radical (unpaired) electrons. The molecule has 0 aromatic carbocycles. The second-order valence-corrected chi connectivity index (χ2v) is 15.8. The van der Waals surface area contributed by atoms with Gasteiger partial charge in [0, 0.05) is 16.7 Å². The highest BCUT2D eigenvalue weighted by molar-refractivity contribution is 14.1. The first-order valence-electron chi connectivity index (χ1n) is 13.8. The molecule has 0 aromatic rings. The van der Waals surface area contributed by atoms with Gasteiger partial charge >= 0.3 is 5.97 Å². The lowest BCUT2D eigenvalue weighted by molar-refractivity contribution is -0.172. The van der Waals surface area contributed by atoms with Crippen molar-refractivity contribution in [1.29, 1.82) is 0 Å². The summed E-state index contributed by atoms with van der Waals surface area (Å²) in [4.78, 5) is 40.4. The van der Waals surface area contributed by atoms with Crippen LogP contribution in [0.2, 0.25) is 0 Å². The highest BCUT2D eigenvalue weighted by Gasteiger charge is 2.70. The maximum Gasteiger partial charge on any atom is 0.311 e. The maximum absolute atomic E-state index is 14.3. The predicted molar refractivity (Wildman–Crippen MR) is 149 cm³/mol. The quantitative estimate of drug-likeness (QED) is 0.233. The topological polar surface area (TPSA) is 60.4 Å². The molecule has 0 unspecified atom stereocenters. The molecule has 5 rings (SSSR count). The average Bonchev–Trinajstić information content (AvgIpc) is 2.79. The third-order valence-electron chi connectivity index (χ3n) is 12.5.